The molecule has 0 saturated heterocycles. The summed E-state index contributed by atoms with van der Waals surface area (Å²) in [6.45, 7) is 4.52. The van der Waals surface area contributed by atoms with Gasteiger partial charge in [-0.05, 0) is 0 Å². The summed E-state index contributed by atoms with van der Waals surface area (Å²) in [5, 5.41) is 0. The van der Waals surface area contributed by atoms with Gasteiger partial charge >= 0.3 is 67.1 Å². The maximum Gasteiger partial charge on any atom is -1.00 e. The van der Waals surface area contributed by atoms with Gasteiger partial charge in [0.1, 0.15) is 0 Å². The third kappa shape index (κ3) is 3.18. The Labute approximate surface area is 91.3 Å². The van der Waals surface area contributed by atoms with Crippen LogP contribution in [0.4, 0.5) is 0 Å². The van der Waals surface area contributed by atoms with Crippen LogP contribution < -0.4 is 24.8 Å². The predicted octanol–water partition coefficient (Wildman–Crippen LogP) is -4.03. The molecule has 1 unspecified atom stereocenters. The van der Waals surface area contributed by atoms with E-state index in [0.717, 1.165) is 0 Å². The van der Waals surface area contributed by atoms with Crippen molar-refractivity contribution in [2.45, 2.75) is 16.7 Å². The van der Waals surface area contributed by atoms with Gasteiger partial charge in [-0.1, -0.05) is 0 Å². The van der Waals surface area contributed by atoms with Crippen molar-refractivity contribution >= 4 is 14.0 Å². The zero-order chi connectivity index (χ0) is 6.20. The number of hydrogen-bond donors (Lipinski definition) is 0. The summed E-state index contributed by atoms with van der Waals surface area (Å²) in [6, 6.07) is 0. The molecule has 1 atom stereocenters. The zero-order valence-corrected chi connectivity index (χ0v) is 10.7. The first-order chi connectivity index (χ1) is 3.63. The molecule has 1 aliphatic heterocycles. The van der Waals surface area contributed by atoms with E-state index in [1.807, 2.05) is 0 Å². The van der Waals surface area contributed by atoms with Crippen molar-refractivity contribution in [3.63, 3.8) is 0 Å². The number of rotatable bonds is 0. The van der Waals surface area contributed by atoms with Crippen LogP contribution in [0.15, 0.2) is 11.6 Å². The molecule has 0 radical (unpaired) electrons. The van der Waals surface area contributed by atoms with Crippen molar-refractivity contribution in [1.82, 2.24) is 0 Å². The first kappa shape index (κ1) is 13.9. The van der Waals surface area contributed by atoms with Gasteiger partial charge in [-0.15, -0.1) is 0 Å². The van der Waals surface area contributed by atoms with Crippen LogP contribution in [0.25, 0.3) is 0 Å². The van der Waals surface area contributed by atoms with E-state index in [1.54, 1.807) is 24.7 Å². The van der Waals surface area contributed by atoms with E-state index in [2.05, 4.69) is 25.7 Å². The van der Waals surface area contributed by atoms with Crippen LogP contribution in [0.3, 0.4) is 0 Å². The molecule has 1 rings (SSSR count). The summed E-state index contributed by atoms with van der Waals surface area (Å²) >= 11 is 1.63. The summed E-state index contributed by atoms with van der Waals surface area (Å²) in [6.07, 6.45) is 2.23. The van der Waals surface area contributed by atoms with Crippen molar-refractivity contribution in [3.05, 3.63) is 11.6 Å². The van der Waals surface area contributed by atoms with E-state index >= 15 is 0 Å². The fourth-order valence-electron chi connectivity index (χ4n) is 0.562. The van der Waals surface area contributed by atoms with Crippen molar-refractivity contribution < 1.29 is 49.5 Å². The van der Waals surface area contributed by atoms with E-state index in [-0.39, 0.29) is 24.8 Å². The van der Waals surface area contributed by atoms with Gasteiger partial charge in [-0.2, -0.15) is 0 Å². The maximum atomic E-state index is 2.31. The van der Waals surface area contributed by atoms with Crippen LogP contribution >= 0.6 is 8.20 Å². The average molecular weight is 273 g/mol. The quantitative estimate of drug-likeness (QED) is 0.394. The molecule has 1 aliphatic rings. The van der Waals surface area contributed by atoms with E-state index < -0.39 is 0 Å². The van der Waals surface area contributed by atoms with Crippen LogP contribution in [-0.4, -0.2) is 8.66 Å². The fraction of sp³-hybridized carbons (Fsp3) is 0.500. The third-order valence-corrected chi connectivity index (χ3v) is 4.51. The Morgan fingerprint density at radius 1 is 1.50 bits per heavy atom. The van der Waals surface area contributed by atoms with Gasteiger partial charge in [-0.3, -0.25) is 0 Å². The second kappa shape index (κ2) is 5.10. The molecule has 0 N–H and O–H groups in total. The Balaban J connectivity index is 0. The van der Waals surface area contributed by atoms with Gasteiger partial charge in [0, 0.05) is 0 Å². The molecule has 0 aromatic rings. The minimum atomic E-state index is 0. The van der Waals surface area contributed by atoms with Gasteiger partial charge in [0.15, 0.2) is 0 Å². The molecule has 0 fully saturated rings. The van der Waals surface area contributed by atoms with Crippen LogP contribution in [0, 0.1) is 0 Å². The molecule has 0 spiro atoms. The monoisotopic (exact) mass is 271 g/mol. The van der Waals surface area contributed by atoms with Gasteiger partial charge in [-0.25, -0.2) is 0 Å². The molecule has 0 aliphatic carbocycles. The normalized spacial score (nSPS) is 30.2. The Morgan fingerprint density at radius 3 is 2.10 bits per heavy atom. The largest absolute Gasteiger partial charge is 1.00 e. The predicted molar refractivity (Wildman–Crippen MR) is 35.1 cm³/mol. The summed E-state index contributed by atoms with van der Waals surface area (Å²) in [5.74, 6) is 2.24. The fourth-order valence-corrected chi connectivity index (χ4v) is 2.19. The molecule has 0 aromatic carbocycles. The Morgan fingerprint density at radius 2 is 2.00 bits per heavy atom. The third-order valence-electron chi connectivity index (χ3n) is 1.43. The molecule has 55 valence electrons. The van der Waals surface area contributed by atoms with Crippen LogP contribution in [0.5, 0.6) is 0 Å². The first-order valence-electron chi connectivity index (χ1n) is 2.60. The number of halogens is 2. The molecule has 10 heavy (non-hydrogen) atoms. The topological polar surface area (TPSA) is 0 Å². The molecular weight excluding hydrogens is 265 g/mol. The van der Waals surface area contributed by atoms with Crippen LogP contribution in [-0.2, 0) is 24.7 Å². The van der Waals surface area contributed by atoms with Gasteiger partial charge in [0.25, 0.3) is 0 Å². The zero-order valence-electron chi connectivity index (χ0n) is 5.86. The second-order valence-electron chi connectivity index (χ2n) is 2.20. The number of hydrogen-bond acceptors (Lipinski definition) is 0. The maximum absolute atomic E-state index is 2.31. The smallest absolute Gasteiger partial charge is 1.00 e. The molecule has 4 heteroatoms. The average Bonchev–Trinajstić information content (AvgIpc) is 1.86. The van der Waals surface area contributed by atoms with Gasteiger partial charge in [0.05, 0.1) is 0 Å². The first-order valence-corrected chi connectivity index (χ1v) is 4.80. The summed E-state index contributed by atoms with van der Waals surface area (Å²) in [5.41, 5.74) is 1.54. The Bertz CT molecular complexity index is 163. The molecule has 0 saturated carbocycles. The Kier molecular flexibility index (Phi) is 7.10. The summed E-state index contributed by atoms with van der Waals surface area (Å²) < 4.78 is 0.521. The SMILES string of the molecule is CC1=CC=P[C]1(C)[Zr+2].[Cl-].[Cl-]. The van der Waals surface area contributed by atoms with E-state index in [9.17, 15) is 0 Å². The second-order valence-corrected chi connectivity index (χ2v) is 7.14. The summed E-state index contributed by atoms with van der Waals surface area (Å²) in [4.78, 5) is 0. The van der Waals surface area contributed by atoms with Gasteiger partial charge < -0.3 is 24.8 Å². The molecule has 0 amide bonds. The molecule has 0 nitrogen and oxygen atoms in total. The molecule has 0 bridgehead atoms. The molecule has 0 aromatic heterocycles. The molecule has 1 heterocycles. The standard InChI is InChI=1S/C6H8P.2ClH.Zr/c1-5-3-4-7-6(5)2;;;/h3-4H,1-2H3;2*1H;/q;;;+2/p-2. The van der Waals surface area contributed by atoms with Crippen molar-refractivity contribution in [3.8, 4) is 0 Å². The van der Waals surface area contributed by atoms with Gasteiger partial charge in [0.2, 0.25) is 0 Å². The van der Waals surface area contributed by atoms with Crippen molar-refractivity contribution in [2.24, 2.45) is 0 Å². The Hall–Kier alpha value is 1.37. The van der Waals surface area contributed by atoms with Crippen LogP contribution in [0.1, 0.15) is 13.8 Å². The van der Waals surface area contributed by atoms with E-state index in [0.29, 0.717) is 2.86 Å². The minimum absolute atomic E-state index is 0. The minimum Gasteiger partial charge on any atom is -1.00 e. The van der Waals surface area contributed by atoms with Crippen molar-refractivity contribution in [2.75, 3.05) is 0 Å². The number of allylic oxidation sites excluding steroid dienone is 2. The van der Waals surface area contributed by atoms with E-state index in [4.69, 9.17) is 0 Å². The molecular formula is C6H8Cl2PZr. The van der Waals surface area contributed by atoms with Crippen molar-refractivity contribution in [1.29, 1.82) is 0 Å². The van der Waals surface area contributed by atoms with E-state index in [1.165, 1.54) is 13.8 Å². The van der Waals surface area contributed by atoms with Crippen LogP contribution in [0.2, 0.25) is 0 Å². The summed E-state index contributed by atoms with van der Waals surface area (Å²) in [7, 11) is 1.48.